The Kier molecular flexibility index (Phi) is 4.29. The van der Waals surface area contributed by atoms with Crippen LogP contribution in [-0.4, -0.2) is 13.6 Å². The van der Waals surface area contributed by atoms with Gasteiger partial charge in [0, 0.05) is 12.0 Å². The van der Waals surface area contributed by atoms with Gasteiger partial charge in [0.2, 0.25) is 0 Å². The zero-order valence-corrected chi connectivity index (χ0v) is 11.9. The molecule has 0 aliphatic heterocycles. The molecule has 0 atom stereocenters. The highest BCUT2D eigenvalue weighted by atomic mass is 35.5. The van der Waals surface area contributed by atoms with Crippen molar-refractivity contribution < 1.29 is 4.39 Å². The molecular formula is C15H21ClFN. The van der Waals surface area contributed by atoms with Crippen LogP contribution in [-0.2, 0) is 5.41 Å². The molecule has 0 spiro atoms. The average molecular weight is 270 g/mol. The number of hydrogen-bond donors (Lipinski definition) is 1. The van der Waals surface area contributed by atoms with Gasteiger partial charge in [-0.25, -0.2) is 4.39 Å². The molecule has 1 fully saturated rings. The van der Waals surface area contributed by atoms with Gasteiger partial charge in [-0.15, -0.1) is 0 Å². The topological polar surface area (TPSA) is 12.0 Å². The van der Waals surface area contributed by atoms with Crippen LogP contribution >= 0.6 is 11.6 Å². The third-order valence-electron chi connectivity index (χ3n) is 4.27. The van der Waals surface area contributed by atoms with Gasteiger partial charge in [0.1, 0.15) is 5.82 Å². The summed E-state index contributed by atoms with van der Waals surface area (Å²) in [6.45, 7) is 3.09. The van der Waals surface area contributed by atoms with Crippen molar-refractivity contribution in [2.45, 2.75) is 38.0 Å². The molecule has 18 heavy (non-hydrogen) atoms. The van der Waals surface area contributed by atoms with Crippen molar-refractivity contribution in [3.05, 3.63) is 34.6 Å². The zero-order chi connectivity index (χ0) is 13.2. The summed E-state index contributed by atoms with van der Waals surface area (Å²) in [6, 6.07) is 5.38. The number of rotatable bonds is 3. The summed E-state index contributed by atoms with van der Waals surface area (Å²) in [6.07, 6.45) is 4.39. The molecule has 0 unspecified atom stereocenters. The second-order valence-corrected chi connectivity index (χ2v) is 6.00. The fourth-order valence-electron chi connectivity index (χ4n) is 3.11. The Hall–Kier alpha value is -0.600. The van der Waals surface area contributed by atoms with Gasteiger partial charge in [-0.05, 0) is 50.3 Å². The van der Waals surface area contributed by atoms with E-state index >= 15 is 0 Å². The third-order valence-corrected chi connectivity index (χ3v) is 4.56. The molecule has 1 aromatic carbocycles. The Morgan fingerprint density at radius 3 is 2.67 bits per heavy atom. The van der Waals surface area contributed by atoms with E-state index in [4.69, 9.17) is 11.6 Å². The molecule has 0 saturated heterocycles. The molecule has 3 heteroatoms. The SMILES string of the molecule is CNCC1(c2cccc(Cl)c2F)CCC(C)CC1. The Balaban J connectivity index is 2.38. The van der Waals surface area contributed by atoms with E-state index in [0.29, 0.717) is 0 Å². The summed E-state index contributed by atoms with van der Waals surface area (Å²) in [5.41, 5.74) is 0.701. The van der Waals surface area contributed by atoms with Gasteiger partial charge in [0.15, 0.2) is 0 Å². The first-order chi connectivity index (χ1) is 8.59. The Morgan fingerprint density at radius 1 is 1.39 bits per heavy atom. The van der Waals surface area contributed by atoms with E-state index in [9.17, 15) is 4.39 Å². The molecule has 1 aliphatic rings. The minimum absolute atomic E-state index is 0.0871. The summed E-state index contributed by atoms with van der Waals surface area (Å²) in [4.78, 5) is 0. The van der Waals surface area contributed by atoms with Gasteiger partial charge in [-0.1, -0.05) is 30.7 Å². The average Bonchev–Trinajstić information content (AvgIpc) is 2.36. The normalized spacial score (nSPS) is 28.3. The summed E-state index contributed by atoms with van der Waals surface area (Å²) in [7, 11) is 1.93. The van der Waals surface area contributed by atoms with Crippen LogP contribution in [0.15, 0.2) is 18.2 Å². The lowest BCUT2D eigenvalue weighted by molar-refractivity contribution is 0.231. The van der Waals surface area contributed by atoms with Crippen LogP contribution in [0.3, 0.4) is 0 Å². The number of benzene rings is 1. The molecule has 0 amide bonds. The predicted molar refractivity (Wildman–Crippen MR) is 74.6 cm³/mol. The Labute approximate surface area is 114 Å². The van der Waals surface area contributed by atoms with Crippen molar-refractivity contribution in [2.24, 2.45) is 5.92 Å². The van der Waals surface area contributed by atoms with E-state index in [1.807, 2.05) is 19.2 Å². The molecule has 100 valence electrons. The molecule has 2 rings (SSSR count). The fourth-order valence-corrected chi connectivity index (χ4v) is 3.28. The van der Waals surface area contributed by atoms with Crippen LogP contribution in [0.4, 0.5) is 4.39 Å². The van der Waals surface area contributed by atoms with Gasteiger partial charge < -0.3 is 5.32 Å². The first kappa shape index (κ1) is 13.8. The van der Waals surface area contributed by atoms with Crippen LogP contribution in [0.25, 0.3) is 0 Å². The first-order valence-corrected chi connectivity index (χ1v) is 7.06. The number of nitrogens with one attached hydrogen (secondary N) is 1. The van der Waals surface area contributed by atoms with Gasteiger partial charge in [0.05, 0.1) is 5.02 Å². The maximum Gasteiger partial charge on any atom is 0.145 e. The highest BCUT2D eigenvalue weighted by Crippen LogP contribution is 2.42. The number of hydrogen-bond acceptors (Lipinski definition) is 1. The molecule has 1 nitrogen and oxygen atoms in total. The van der Waals surface area contributed by atoms with Crippen LogP contribution < -0.4 is 5.32 Å². The second-order valence-electron chi connectivity index (χ2n) is 5.59. The maximum absolute atomic E-state index is 14.3. The quantitative estimate of drug-likeness (QED) is 0.869. The van der Waals surface area contributed by atoms with Crippen LogP contribution in [0.1, 0.15) is 38.2 Å². The van der Waals surface area contributed by atoms with E-state index < -0.39 is 0 Å². The van der Waals surface area contributed by atoms with Gasteiger partial charge in [-0.3, -0.25) is 0 Å². The molecule has 0 heterocycles. The second kappa shape index (κ2) is 5.58. The molecule has 1 N–H and O–H groups in total. The number of halogens is 2. The summed E-state index contributed by atoms with van der Waals surface area (Å²) >= 11 is 5.93. The zero-order valence-electron chi connectivity index (χ0n) is 11.1. The van der Waals surface area contributed by atoms with Crippen molar-refractivity contribution >= 4 is 11.6 Å². The number of likely N-dealkylation sites (N-methyl/N-ethyl adjacent to an activating group) is 1. The minimum atomic E-state index is -0.232. The monoisotopic (exact) mass is 269 g/mol. The van der Waals surface area contributed by atoms with E-state index in [-0.39, 0.29) is 16.3 Å². The highest BCUT2D eigenvalue weighted by molar-refractivity contribution is 6.30. The molecular weight excluding hydrogens is 249 g/mol. The van der Waals surface area contributed by atoms with Crippen LogP contribution in [0, 0.1) is 11.7 Å². The van der Waals surface area contributed by atoms with E-state index in [2.05, 4.69) is 12.2 Å². The molecule has 1 aromatic rings. The largest absolute Gasteiger partial charge is 0.319 e. The van der Waals surface area contributed by atoms with Gasteiger partial charge >= 0.3 is 0 Å². The van der Waals surface area contributed by atoms with Crippen molar-refractivity contribution in [2.75, 3.05) is 13.6 Å². The van der Waals surface area contributed by atoms with E-state index in [1.165, 1.54) is 0 Å². The third kappa shape index (κ3) is 2.55. The standard InChI is InChI=1S/C15H21ClFN/c1-11-6-8-15(9-7-11,10-18-2)12-4-3-5-13(16)14(12)17/h3-5,11,18H,6-10H2,1-2H3. The lowest BCUT2D eigenvalue weighted by Crippen LogP contribution is -2.40. The Morgan fingerprint density at radius 2 is 2.06 bits per heavy atom. The minimum Gasteiger partial charge on any atom is -0.319 e. The first-order valence-electron chi connectivity index (χ1n) is 6.68. The van der Waals surface area contributed by atoms with Crippen LogP contribution in [0.5, 0.6) is 0 Å². The summed E-state index contributed by atoms with van der Waals surface area (Å²) in [5.74, 6) is 0.515. The van der Waals surface area contributed by atoms with Gasteiger partial charge in [-0.2, -0.15) is 0 Å². The summed E-state index contributed by atoms with van der Waals surface area (Å²) < 4.78 is 14.3. The van der Waals surface area contributed by atoms with E-state index in [1.54, 1.807) is 6.07 Å². The van der Waals surface area contributed by atoms with Crippen molar-refractivity contribution in [1.29, 1.82) is 0 Å². The molecule has 1 saturated carbocycles. The van der Waals surface area contributed by atoms with Crippen molar-refractivity contribution in [3.63, 3.8) is 0 Å². The molecule has 0 bridgehead atoms. The molecule has 0 radical (unpaired) electrons. The van der Waals surface area contributed by atoms with Crippen molar-refractivity contribution in [3.8, 4) is 0 Å². The fraction of sp³-hybridized carbons (Fsp3) is 0.600. The van der Waals surface area contributed by atoms with Crippen LogP contribution in [0.2, 0.25) is 5.02 Å². The smallest absolute Gasteiger partial charge is 0.145 e. The predicted octanol–water partition coefficient (Wildman–Crippen LogP) is 4.15. The summed E-state index contributed by atoms with van der Waals surface area (Å²) in [5, 5.41) is 3.47. The lowest BCUT2D eigenvalue weighted by atomic mass is 9.66. The highest BCUT2D eigenvalue weighted by Gasteiger charge is 2.37. The van der Waals surface area contributed by atoms with Crippen molar-refractivity contribution in [1.82, 2.24) is 5.32 Å². The lowest BCUT2D eigenvalue weighted by Gasteiger charge is -2.40. The van der Waals surface area contributed by atoms with E-state index in [0.717, 1.165) is 43.7 Å². The Bertz CT molecular complexity index is 411. The van der Waals surface area contributed by atoms with Gasteiger partial charge in [0.25, 0.3) is 0 Å². The molecule has 1 aliphatic carbocycles. The maximum atomic E-state index is 14.3. The molecule has 0 aromatic heterocycles.